The van der Waals surface area contributed by atoms with E-state index in [-0.39, 0.29) is 23.2 Å². The number of aliphatic imine (C=N–C) groups is 1. The predicted octanol–water partition coefficient (Wildman–Crippen LogP) is 2.82. The Morgan fingerprint density at radius 1 is 1.39 bits per heavy atom. The largest absolute Gasteiger partial charge is 0.573 e. The molecule has 0 spiro atoms. The SMILES string of the molecule is COc1ccc(N=C(N)CCl)cc1OC(F)(F)F. The fourth-order valence-electron chi connectivity index (χ4n) is 1.14. The van der Waals surface area contributed by atoms with Crippen LogP contribution in [-0.2, 0) is 0 Å². The third-order valence-corrected chi connectivity index (χ3v) is 2.06. The first-order valence-corrected chi connectivity index (χ1v) is 5.22. The minimum Gasteiger partial charge on any atom is -0.493 e. The highest BCUT2D eigenvalue weighted by Gasteiger charge is 2.32. The molecule has 0 aliphatic heterocycles. The lowest BCUT2D eigenvalue weighted by Gasteiger charge is -2.12. The lowest BCUT2D eigenvalue weighted by Crippen LogP contribution is -2.17. The molecule has 18 heavy (non-hydrogen) atoms. The van der Waals surface area contributed by atoms with E-state index in [4.69, 9.17) is 22.1 Å². The summed E-state index contributed by atoms with van der Waals surface area (Å²) >= 11 is 5.41. The van der Waals surface area contributed by atoms with E-state index < -0.39 is 12.1 Å². The van der Waals surface area contributed by atoms with Crippen LogP contribution in [0.15, 0.2) is 23.2 Å². The van der Waals surface area contributed by atoms with Gasteiger partial charge in [-0.1, -0.05) is 0 Å². The summed E-state index contributed by atoms with van der Waals surface area (Å²) in [5.74, 6) is -0.495. The van der Waals surface area contributed by atoms with Crippen LogP contribution in [0, 0.1) is 0 Å². The minimum atomic E-state index is -4.81. The van der Waals surface area contributed by atoms with Crippen LogP contribution in [0.3, 0.4) is 0 Å². The van der Waals surface area contributed by atoms with Gasteiger partial charge in [-0.2, -0.15) is 0 Å². The summed E-state index contributed by atoms with van der Waals surface area (Å²) < 4.78 is 45.0. The number of amidine groups is 1. The second-order valence-corrected chi connectivity index (χ2v) is 3.39. The summed E-state index contributed by atoms with van der Waals surface area (Å²) in [6.07, 6.45) is -4.81. The van der Waals surface area contributed by atoms with Crippen LogP contribution in [0.25, 0.3) is 0 Å². The topological polar surface area (TPSA) is 56.8 Å². The number of hydrogen-bond acceptors (Lipinski definition) is 3. The van der Waals surface area contributed by atoms with E-state index in [1.165, 1.54) is 19.2 Å². The Hall–Kier alpha value is -1.63. The smallest absolute Gasteiger partial charge is 0.493 e. The number of nitrogens with two attached hydrogens (primary N) is 1. The van der Waals surface area contributed by atoms with Gasteiger partial charge in [0.2, 0.25) is 0 Å². The van der Waals surface area contributed by atoms with E-state index >= 15 is 0 Å². The summed E-state index contributed by atoms with van der Waals surface area (Å²) in [7, 11) is 1.23. The van der Waals surface area contributed by atoms with Crippen molar-refractivity contribution in [1.82, 2.24) is 0 Å². The molecule has 0 saturated heterocycles. The number of methoxy groups -OCH3 is 1. The lowest BCUT2D eigenvalue weighted by atomic mass is 10.3. The first-order chi connectivity index (χ1) is 8.35. The van der Waals surface area contributed by atoms with Gasteiger partial charge in [-0.05, 0) is 12.1 Å². The first-order valence-electron chi connectivity index (χ1n) is 4.68. The van der Waals surface area contributed by atoms with Gasteiger partial charge in [-0.3, -0.25) is 0 Å². The standard InChI is InChI=1S/C10H10ClF3N2O2/c1-17-7-3-2-6(16-9(15)5-11)4-8(7)18-10(12,13)14/h2-4H,5H2,1H3,(H2,15,16). The van der Waals surface area contributed by atoms with Crippen molar-refractivity contribution >= 4 is 23.1 Å². The average molecular weight is 283 g/mol. The molecule has 0 heterocycles. The highest BCUT2D eigenvalue weighted by molar-refractivity contribution is 6.28. The maximum absolute atomic E-state index is 12.2. The molecule has 8 heteroatoms. The average Bonchev–Trinajstić information content (AvgIpc) is 2.27. The van der Waals surface area contributed by atoms with Gasteiger partial charge in [0.25, 0.3) is 0 Å². The molecular formula is C10H10ClF3N2O2. The number of rotatable bonds is 4. The third kappa shape index (κ3) is 4.33. The maximum Gasteiger partial charge on any atom is 0.573 e. The van der Waals surface area contributed by atoms with Gasteiger partial charge >= 0.3 is 6.36 Å². The maximum atomic E-state index is 12.2. The van der Waals surface area contributed by atoms with Gasteiger partial charge in [0, 0.05) is 6.07 Å². The van der Waals surface area contributed by atoms with Crippen molar-refractivity contribution in [3.63, 3.8) is 0 Å². The van der Waals surface area contributed by atoms with Crippen molar-refractivity contribution in [3.8, 4) is 11.5 Å². The zero-order chi connectivity index (χ0) is 13.8. The summed E-state index contributed by atoms with van der Waals surface area (Å²) in [6, 6.07) is 3.79. The molecule has 0 radical (unpaired) electrons. The van der Waals surface area contributed by atoms with Crippen LogP contribution in [0.4, 0.5) is 18.9 Å². The molecule has 0 bridgehead atoms. The molecule has 0 fully saturated rings. The Morgan fingerprint density at radius 3 is 2.56 bits per heavy atom. The Kier molecular flexibility index (Phi) is 4.66. The second-order valence-electron chi connectivity index (χ2n) is 3.12. The number of ether oxygens (including phenoxy) is 2. The van der Waals surface area contributed by atoms with Crippen LogP contribution in [0.5, 0.6) is 11.5 Å². The molecule has 1 rings (SSSR count). The van der Waals surface area contributed by atoms with Crippen LogP contribution in [0.2, 0.25) is 0 Å². The van der Waals surface area contributed by atoms with Crippen LogP contribution < -0.4 is 15.2 Å². The zero-order valence-electron chi connectivity index (χ0n) is 9.29. The van der Waals surface area contributed by atoms with Gasteiger partial charge in [0.1, 0.15) is 5.84 Å². The van der Waals surface area contributed by atoms with E-state index in [0.717, 1.165) is 6.07 Å². The zero-order valence-corrected chi connectivity index (χ0v) is 10.0. The Bertz CT molecular complexity index is 449. The normalized spacial score (nSPS) is 12.4. The van der Waals surface area contributed by atoms with Gasteiger partial charge in [0.15, 0.2) is 11.5 Å². The van der Waals surface area contributed by atoms with Crippen molar-refractivity contribution in [2.45, 2.75) is 6.36 Å². The van der Waals surface area contributed by atoms with Crippen molar-refractivity contribution in [2.24, 2.45) is 10.7 Å². The van der Waals surface area contributed by atoms with Crippen molar-refractivity contribution < 1.29 is 22.6 Å². The molecule has 2 N–H and O–H groups in total. The van der Waals surface area contributed by atoms with Crippen molar-refractivity contribution in [1.29, 1.82) is 0 Å². The molecule has 100 valence electrons. The molecule has 1 aromatic rings. The minimum absolute atomic E-state index is 0.0263. The highest BCUT2D eigenvalue weighted by atomic mass is 35.5. The summed E-state index contributed by atoms with van der Waals surface area (Å²) in [5.41, 5.74) is 5.56. The molecule has 0 aliphatic carbocycles. The molecule has 0 unspecified atom stereocenters. The first kappa shape index (κ1) is 14.4. The van der Waals surface area contributed by atoms with Gasteiger partial charge in [-0.25, -0.2) is 4.99 Å². The number of benzene rings is 1. The van der Waals surface area contributed by atoms with E-state index in [2.05, 4.69) is 9.73 Å². The second kappa shape index (κ2) is 5.81. The molecule has 0 aliphatic rings. The van der Waals surface area contributed by atoms with Gasteiger partial charge in [-0.15, -0.1) is 24.8 Å². The van der Waals surface area contributed by atoms with E-state index in [1.54, 1.807) is 0 Å². The molecule has 0 atom stereocenters. The Labute approximate surface area is 106 Å². The quantitative estimate of drug-likeness (QED) is 0.525. The molecule has 0 aromatic heterocycles. The van der Waals surface area contributed by atoms with E-state index in [0.29, 0.717) is 0 Å². The van der Waals surface area contributed by atoms with E-state index in [9.17, 15) is 13.2 Å². The van der Waals surface area contributed by atoms with E-state index in [1.807, 2.05) is 0 Å². The number of halogens is 4. The van der Waals surface area contributed by atoms with Crippen molar-refractivity contribution in [2.75, 3.05) is 13.0 Å². The highest BCUT2D eigenvalue weighted by Crippen LogP contribution is 2.35. The summed E-state index contributed by atoms with van der Waals surface area (Å²) in [5, 5.41) is 0. The Balaban J connectivity index is 3.09. The molecule has 1 aromatic carbocycles. The number of hydrogen-bond donors (Lipinski definition) is 1. The summed E-state index contributed by atoms with van der Waals surface area (Å²) in [4.78, 5) is 3.80. The molecule has 0 saturated carbocycles. The summed E-state index contributed by atoms with van der Waals surface area (Å²) in [6.45, 7) is 0. The number of nitrogens with zero attached hydrogens (tertiary/aromatic N) is 1. The van der Waals surface area contributed by atoms with Crippen molar-refractivity contribution in [3.05, 3.63) is 18.2 Å². The fourth-order valence-corrected chi connectivity index (χ4v) is 1.19. The predicted molar refractivity (Wildman–Crippen MR) is 61.7 cm³/mol. The molecular weight excluding hydrogens is 273 g/mol. The van der Waals surface area contributed by atoms with Gasteiger partial charge in [0.05, 0.1) is 18.7 Å². The monoisotopic (exact) mass is 282 g/mol. The molecule has 0 amide bonds. The van der Waals surface area contributed by atoms with Crippen LogP contribution >= 0.6 is 11.6 Å². The Morgan fingerprint density at radius 2 is 2.06 bits per heavy atom. The van der Waals surface area contributed by atoms with Crippen LogP contribution in [-0.4, -0.2) is 25.2 Å². The fraction of sp³-hybridized carbons (Fsp3) is 0.300. The van der Waals surface area contributed by atoms with Gasteiger partial charge < -0.3 is 15.2 Å². The molecule has 4 nitrogen and oxygen atoms in total. The third-order valence-electron chi connectivity index (χ3n) is 1.78. The number of alkyl halides is 4. The van der Waals surface area contributed by atoms with Crippen LogP contribution in [0.1, 0.15) is 0 Å². The lowest BCUT2D eigenvalue weighted by molar-refractivity contribution is -0.275.